The average Bonchev–Trinajstić information content (AvgIpc) is 2.84. The minimum atomic E-state index is -0.517. The molecule has 1 saturated carbocycles. The van der Waals surface area contributed by atoms with E-state index in [1.165, 1.54) is 44.2 Å². The van der Waals surface area contributed by atoms with Crippen LogP contribution in [0.2, 0.25) is 0 Å². The predicted molar refractivity (Wildman–Crippen MR) is 120 cm³/mol. The number of H-pyrrole nitrogens is 1. The summed E-state index contributed by atoms with van der Waals surface area (Å²) in [6, 6.07) is 6.34. The molecule has 7 heteroatoms. The zero-order chi connectivity index (χ0) is 22.1. The number of aromatic amines is 1. The maximum absolute atomic E-state index is 14.3. The molecule has 1 saturated heterocycles. The van der Waals surface area contributed by atoms with Crippen LogP contribution in [0.15, 0.2) is 29.1 Å². The van der Waals surface area contributed by atoms with Gasteiger partial charge in [0.1, 0.15) is 11.6 Å². The number of carbonyl (C=O) groups excluding carboxylic acids is 1. The molecule has 1 amide bonds. The van der Waals surface area contributed by atoms with Crippen molar-refractivity contribution in [1.82, 2.24) is 19.8 Å². The Bertz CT molecular complexity index is 1050. The Balaban J connectivity index is 1.43. The van der Waals surface area contributed by atoms with Crippen LogP contribution in [-0.2, 0) is 13.0 Å². The molecule has 0 spiro atoms. The van der Waals surface area contributed by atoms with Gasteiger partial charge in [0.05, 0.1) is 17.3 Å². The number of amides is 1. The summed E-state index contributed by atoms with van der Waals surface area (Å²) in [5, 5.41) is 0. The topological polar surface area (TPSA) is 69.3 Å². The summed E-state index contributed by atoms with van der Waals surface area (Å²) in [4.78, 5) is 38.2. The summed E-state index contributed by atoms with van der Waals surface area (Å²) in [5.41, 5.74) is 1.62. The monoisotopic (exact) mass is 438 g/mol. The van der Waals surface area contributed by atoms with E-state index < -0.39 is 5.82 Å². The van der Waals surface area contributed by atoms with Crippen molar-refractivity contribution < 1.29 is 9.18 Å². The zero-order valence-corrected chi connectivity index (χ0v) is 18.5. The number of hydrogen-bond donors (Lipinski definition) is 1. The van der Waals surface area contributed by atoms with Crippen LogP contribution in [0.5, 0.6) is 0 Å². The average molecular weight is 439 g/mol. The number of fused-ring (bicyclic) bond motifs is 1. The summed E-state index contributed by atoms with van der Waals surface area (Å²) >= 11 is 0. The van der Waals surface area contributed by atoms with Gasteiger partial charge >= 0.3 is 0 Å². The molecular formula is C25H31FN4O2. The van der Waals surface area contributed by atoms with Crippen LogP contribution >= 0.6 is 0 Å². The van der Waals surface area contributed by atoms with Gasteiger partial charge in [-0.2, -0.15) is 0 Å². The molecular weight excluding hydrogens is 407 g/mol. The summed E-state index contributed by atoms with van der Waals surface area (Å²) in [6.07, 6.45) is 9.55. The third-order valence-electron chi connectivity index (χ3n) is 7.40. The van der Waals surface area contributed by atoms with Gasteiger partial charge in [0.15, 0.2) is 0 Å². The number of nitrogens with one attached hydrogen (secondary N) is 1. The minimum Gasteiger partial charge on any atom is -0.328 e. The highest BCUT2D eigenvalue weighted by atomic mass is 19.1. The van der Waals surface area contributed by atoms with Crippen molar-refractivity contribution in [2.45, 2.75) is 76.4 Å². The Labute approximate surface area is 187 Å². The number of likely N-dealkylation sites (tertiary alicyclic amines) is 1. The molecule has 1 aromatic carbocycles. The Morgan fingerprint density at radius 1 is 1.03 bits per heavy atom. The van der Waals surface area contributed by atoms with E-state index in [9.17, 15) is 14.0 Å². The van der Waals surface area contributed by atoms with Crippen LogP contribution in [0.4, 0.5) is 4.39 Å². The first kappa shape index (κ1) is 21.3. The van der Waals surface area contributed by atoms with Crippen molar-refractivity contribution in [2.75, 3.05) is 13.1 Å². The summed E-state index contributed by atoms with van der Waals surface area (Å²) in [6.45, 7) is 2.14. The van der Waals surface area contributed by atoms with Gasteiger partial charge < -0.3 is 9.88 Å². The number of aromatic nitrogens is 2. The number of piperidine rings is 1. The van der Waals surface area contributed by atoms with E-state index in [1.807, 2.05) is 0 Å². The van der Waals surface area contributed by atoms with Crippen LogP contribution in [0.25, 0.3) is 0 Å². The molecule has 1 N–H and O–H groups in total. The molecule has 170 valence electrons. The molecule has 5 rings (SSSR count). The molecule has 1 aliphatic carbocycles. The Morgan fingerprint density at radius 3 is 2.62 bits per heavy atom. The number of carbonyl (C=O) groups is 1. The third kappa shape index (κ3) is 4.10. The molecule has 3 heterocycles. The normalized spacial score (nSPS) is 22.5. The molecule has 2 aliphatic heterocycles. The second-order valence-electron chi connectivity index (χ2n) is 9.38. The van der Waals surface area contributed by atoms with Crippen LogP contribution < -0.4 is 5.56 Å². The predicted octanol–water partition coefficient (Wildman–Crippen LogP) is 3.97. The first-order chi connectivity index (χ1) is 15.6. The van der Waals surface area contributed by atoms with Crippen LogP contribution in [0.1, 0.15) is 84.8 Å². The Hall–Kier alpha value is -2.54. The van der Waals surface area contributed by atoms with E-state index in [0.717, 1.165) is 37.1 Å². The van der Waals surface area contributed by atoms with Gasteiger partial charge in [-0.05, 0) is 50.7 Å². The number of halogens is 1. The molecule has 32 heavy (non-hydrogen) atoms. The van der Waals surface area contributed by atoms with Crippen molar-refractivity contribution in [3.8, 4) is 0 Å². The number of rotatable bonds is 3. The standard InChI is InChI=1S/C25H31FN4O2/c26-20-11-5-4-10-18(20)25(32)30-14-7-6-12-22(30)23-27-21-16-29(17-8-2-1-3-9-17)15-13-19(21)24(31)28-23/h4-5,10-11,17,22H,1-3,6-9,12-16H2,(H,27,28,31)/t22-/m1/s1. The van der Waals surface area contributed by atoms with Crippen molar-refractivity contribution in [3.63, 3.8) is 0 Å². The van der Waals surface area contributed by atoms with Gasteiger partial charge in [0, 0.05) is 31.2 Å². The zero-order valence-electron chi connectivity index (χ0n) is 18.5. The van der Waals surface area contributed by atoms with E-state index in [0.29, 0.717) is 31.4 Å². The quantitative estimate of drug-likeness (QED) is 0.787. The molecule has 6 nitrogen and oxygen atoms in total. The van der Waals surface area contributed by atoms with Crippen molar-refractivity contribution >= 4 is 5.91 Å². The van der Waals surface area contributed by atoms with Crippen molar-refractivity contribution in [1.29, 1.82) is 0 Å². The second kappa shape index (κ2) is 9.14. The van der Waals surface area contributed by atoms with E-state index in [1.54, 1.807) is 17.0 Å². The largest absolute Gasteiger partial charge is 0.328 e. The second-order valence-corrected chi connectivity index (χ2v) is 9.38. The lowest BCUT2D eigenvalue weighted by atomic mass is 9.92. The molecule has 3 aliphatic rings. The first-order valence-electron chi connectivity index (χ1n) is 12.0. The highest BCUT2D eigenvalue weighted by Crippen LogP contribution is 2.32. The number of benzene rings is 1. The maximum atomic E-state index is 14.3. The number of nitrogens with zero attached hydrogens (tertiary/aromatic N) is 3. The van der Waals surface area contributed by atoms with Gasteiger partial charge in [-0.15, -0.1) is 0 Å². The van der Waals surface area contributed by atoms with E-state index in [4.69, 9.17) is 4.98 Å². The van der Waals surface area contributed by atoms with Crippen LogP contribution in [-0.4, -0.2) is 44.8 Å². The fraction of sp³-hybridized carbons (Fsp3) is 0.560. The van der Waals surface area contributed by atoms with Gasteiger partial charge in [-0.25, -0.2) is 9.37 Å². The maximum Gasteiger partial charge on any atom is 0.257 e. The Kier molecular flexibility index (Phi) is 6.09. The molecule has 1 atom stereocenters. The molecule has 1 aromatic heterocycles. The summed E-state index contributed by atoms with van der Waals surface area (Å²) < 4.78 is 14.3. The van der Waals surface area contributed by atoms with Crippen molar-refractivity contribution in [3.05, 3.63) is 63.1 Å². The summed E-state index contributed by atoms with van der Waals surface area (Å²) in [5.74, 6) is -0.308. The van der Waals surface area contributed by atoms with Gasteiger partial charge in [0.2, 0.25) is 0 Å². The lowest BCUT2D eigenvalue weighted by molar-refractivity contribution is 0.0593. The van der Waals surface area contributed by atoms with E-state index in [-0.39, 0.29) is 23.1 Å². The van der Waals surface area contributed by atoms with Crippen LogP contribution in [0, 0.1) is 5.82 Å². The van der Waals surface area contributed by atoms with Crippen LogP contribution in [0.3, 0.4) is 0 Å². The highest BCUT2D eigenvalue weighted by Gasteiger charge is 2.33. The van der Waals surface area contributed by atoms with Gasteiger partial charge in [0.25, 0.3) is 11.5 Å². The fourth-order valence-corrected chi connectivity index (χ4v) is 5.64. The fourth-order valence-electron chi connectivity index (χ4n) is 5.64. The number of hydrogen-bond acceptors (Lipinski definition) is 4. The lowest BCUT2D eigenvalue weighted by Crippen LogP contribution is -2.44. The van der Waals surface area contributed by atoms with Crippen molar-refractivity contribution in [2.24, 2.45) is 0 Å². The van der Waals surface area contributed by atoms with Gasteiger partial charge in [-0.1, -0.05) is 31.4 Å². The molecule has 2 fully saturated rings. The van der Waals surface area contributed by atoms with E-state index >= 15 is 0 Å². The highest BCUT2D eigenvalue weighted by molar-refractivity contribution is 5.94. The smallest absolute Gasteiger partial charge is 0.257 e. The lowest BCUT2D eigenvalue weighted by Gasteiger charge is -2.38. The molecule has 0 radical (unpaired) electrons. The summed E-state index contributed by atoms with van der Waals surface area (Å²) in [7, 11) is 0. The minimum absolute atomic E-state index is 0.0724. The van der Waals surface area contributed by atoms with E-state index in [2.05, 4.69) is 9.88 Å². The Morgan fingerprint density at radius 2 is 1.81 bits per heavy atom. The molecule has 0 bridgehead atoms. The van der Waals surface area contributed by atoms with Gasteiger partial charge in [-0.3, -0.25) is 14.5 Å². The first-order valence-corrected chi connectivity index (χ1v) is 12.0. The SMILES string of the molecule is O=C(c1ccccc1F)N1CCCC[C@@H]1c1nc2c(c(=O)[nH]1)CCN(C1CCCCC1)C2. The molecule has 0 unspecified atom stereocenters. The third-order valence-corrected chi connectivity index (χ3v) is 7.40. The molecule has 2 aromatic rings.